The van der Waals surface area contributed by atoms with E-state index in [9.17, 15) is 18.0 Å². The minimum absolute atomic E-state index is 0.000690. The number of rotatable bonds is 6. The molecule has 0 bridgehead atoms. The molecule has 2 N–H and O–H groups in total. The first-order valence-electron chi connectivity index (χ1n) is 5.70. The van der Waals surface area contributed by atoms with E-state index in [1.165, 1.54) is 30.3 Å². The zero-order valence-corrected chi connectivity index (χ0v) is 11.7. The largest absolute Gasteiger partial charge is 0.480 e. The molecule has 0 radical (unpaired) electrons. The number of benzene rings is 1. The fourth-order valence-corrected chi connectivity index (χ4v) is 2.16. The van der Waals surface area contributed by atoms with Crippen molar-refractivity contribution in [3.8, 4) is 0 Å². The fraction of sp³-hybridized carbons (Fsp3) is 0.231. The number of hydrogen-bond acceptors (Lipinski definition) is 4. The highest BCUT2D eigenvalue weighted by molar-refractivity contribution is 7.90. The van der Waals surface area contributed by atoms with Crippen LogP contribution in [0.15, 0.2) is 41.8 Å². The predicted molar refractivity (Wildman–Crippen MR) is 73.3 cm³/mol. The summed E-state index contributed by atoms with van der Waals surface area (Å²) in [4.78, 5) is 22.8. The van der Waals surface area contributed by atoms with Crippen molar-refractivity contribution in [3.05, 3.63) is 42.5 Å². The SMILES string of the molecule is C=CCC(NC(=O)c1cccc(S(C)(=O)=O)c1)C(=O)O. The van der Waals surface area contributed by atoms with E-state index < -0.39 is 27.8 Å². The normalized spacial score (nSPS) is 12.4. The number of nitrogens with one attached hydrogen (secondary N) is 1. The highest BCUT2D eigenvalue weighted by atomic mass is 32.2. The summed E-state index contributed by atoms with van der Waals surface area (Å²) in [6, 6.07) is 4.31. The molecule has 0 saturated heterocycles. The first kappa shape index (κ1) is 15.9. The first-order chi connectivity index (χ1) is 9.25. The van der Waals surface area contributed by atoms with E-state index in [1.54, 1.807) is 0 Å². The Morgan fingerprint density at radius 3 is 2.60 bits per heavy atom. The van der Waals surface area contributed by atoms with Gasteiger partial charge in [0.1, 0.15) is 6.04 Å². The number of carbonyl (C=O) groups is 2. The smallest absolute Gasteiger partial charge is 0.326 e. The maximum atomic E-state index is 11.9. The molecule has 0 aliphatic carbocycles. The van der Waals surface area contributed by atoms with E-state index >= 15 is 0 Å². The number of sulfone groups is 1. The molecule has 0 saturated carbocycles. The van der Waals surface area contributed by atoms with Crippen LogP contribution in [0.2, 0.25) is 0 Å². The standard InChI is InChI=1S/C13H15NO5S/c1-3-5-11(13(16)17)14-12(15)9-6-4-7-10(8-9)20(2,18)19/h3-4,6-8,11H,1,5H2,2H3,(H,14,15)(H,16,17). The van der Waals surface area contributed by atoms with E-state index in [4.69, 9.17) is 5.11 Å². The molecule has 1 atom stereocenters. The van der Waals surface area contributed by atoms with Crippen molar-refractivity contribution in [1.82, 2.24) is 5.32 Å². The van der Waals surface area contributed by atoms with Gasteiger partial charge in [-0.1, -0.05) is 12.1 Å². The molecule has 108 valence electrons. The number of amides is 1. The predicted octanol–water partition coefficient (Wildman–Crippen LogP) is 0.849. The Morgan fingerprint density at radius 1 is 1.45 bits per heavy atom. The molecule has 0 aliphatic rings. The van der Waals surface area contributed by atoms with Crippen molar-refractivity contribution < 1.29 is 23.1 Å². The van der Waals surface area contributed by atoms with E-state index in [0.717, 1.165) is 6.26 Å². The van der Waals surface area contributed by atoms with Crippen molar-refractivity contribution in [1.29, 1.82) is 0 Å². The van der Waals surface area contributed by atoms with Crippen molar-refractivity contribution >= 4 is 21.7 Å². The maximum Gasteiger partial charge on any atom is 0.326 e. The van der Waals surface area contributed by atoms with Crippen LogP contribution in [0.5, 0.6) is 0 Å². The molecule has 1 aromatic rings. The van der Waals surface area contributed by atoms with Crippen molar-refractivity contribution in [2.24, 2.45) is 0 Å². The van der Waals surface area contributed by atoms with Crippen LogP contribution >= 0.6 is 0 Å². The van der Waals surface area contributed by atoms with Gasteiger partial charge in [0.25, 0.3) is 5.91 Å². The van der Waals surface area contributed by atoms with Crippen molar-refractivity contribution in [3.63, 3.8) is 0 Å². The molecule has 20 heavy (non-hydrogen) atoms. The van der Waals surface area contributed by atoms with Gasteiger partial charge in [-0.15, -0.1) is 6.58 Å². The lowest BCUT2D eigenvalue weighted by Gasteiger charge is -2.12. The molecule has 7 heteroatoms. The Labute approximate surface area is 117 Å². The van der Waals surface area contributed by atoms with Crippen LogP contribution in [-0.2, 0) is 14.6 Å². The monoisotopic (exact) mass is 297 g/mol. The topological polar surface area (TPSA) is 101 Å². The lowest BCUT2D eigenvalue weighted by atomic mass is 10.1. The van der Waals surface area contributed by atoms with Crippen LogP contribution in [0.4, 0.5) is 0 Å². The summed E-state index contributed by atoms with van der Waals surface area (Å²) in [5, 5.41) is 11.2. The van der Waals surface area contributed by atoms with Crippen LogP contribution in [0.1, 0.15) is 16.8 Å². The lowest BCUT2D eigenvalue weighted by Crippen LogP contribution is -2.40. The van der Waals surface area contributed by atoms with Gasteiger partial charge < -0.3 is 10.4 Å². The fourth-order valence-electron chi connectivity index (χ4n) is 1.50. The first-order valence-corrected chi connectivity index (χ1v) is 7.59. The molecule has 1 aromatic carbocycles. The molecule has 1 amide bonds. The Hall–Kier alpha value is -2.15. The number of hydrogen-bond donors (Lipinski definition) is 2. The third-order valence-electron chi connectivity index (χ3n) is 2.53. The third kappa shape index (κ3) is 4.20. The van der Waals surface area contributed by atoms with Gasteiger partial charge in [-0.3, -0.25) is 4.79 Å². The molecule has 0 aromatic heterocycles. The van der Waals surface area contributed by atoms with Gasteiger partial charge in [0, 0.05) is 11.8 Å². The Bertz CT molecular complexity index is 636. The van der Waals surface area contributed by atoms with Gasteiger partial charge in [-0.2, -0.15) is 0 Å². The number of carbonyl (C=O) groups excluding carboxylic acids is 1. The van der Waals surface area contributed by atoms with E-state index in [0.29, 0.717) is 0 Å². The number of carboxylic acids is 1. The average molecular weight is 297 g/mol. The Morgan fingerprint density at radius 2 is 2.10 bits per heavy atom. The second-order valence-corrected chi connectivity index (χ2v) is 6.20. The van der Waals surface area contributed by atoms with E-state index in [2.05, 4.69) is 11.9 Å². The zero-order chi connectivity index (χ0) is 15.3. The van der Waals surface area contributed by atoms with Gasteiger partial charge in [0.2, 0.25) is 0 Å². The third-order valence-corrected chi connectivity index (χ3v) is 3.64. The van der Waals surface area contributed by atoms with Crippen molar-refractivity contribution in [2.75, 3.05) is 6.26 Å². The molecule has 6 nitrogen and oxygen atoms in total. The molecule has 0 spiro atoms. The summed E-state index contributed by atoms with van der Waals surface area (Å²) in [5.41, 5.74) is 0.0863. The summed E-state index contributed by atoms with van der Waals surface area (Å²) in [6.45, 7) is 3.42. The average Bonchev–Trinajstić information content (AvgIpc) is 2.37. The molecule has 1 rings (SSSR count). The van der Waals surface area contributed by atoms with Gasteiger partial charge in [-0.05, 0) is 24.6 Å². The Balaban J connectivity index is 2.98. The molecule has 0 heterocycles. The summed E-state index contributed by atoms with van der Waals surface area (Å²) < 4.78 is 22.8. The highest BCUT2D eigenvalue weighted by Gasteiger charge is 2.20. The van der Waals surface area contributed by atoms with Gasteiger partial charge in [0.15, 0.2) is 9.84 Å². The summed E-state index contributed by atoms with van der Waals surface area (Å²) in [6.07, 6.45) is 2.49. The number of aliphatic carboxylic acids is 1. The summed E-state index contributed by atoms with van der Waals surface area (Å²) >= 11 is 0. The molecular formula is C13H15NO5S. The zero-order valence-electron chi connectivity index (χ0n) is 10.9. The second-order valence-electron chi connectivity index (χ2n) is 4.19. The Kier molecular flexibility index (Phi) is 5.04. The minimum Gasteiger partial charge on any atom is -0.480 e. The maximum absolute atomic E-state index is 11.9. The van der Waals surface area contributed by atoms with Crippen LogP contribution in [0.25, 0.3) is 0 Å². The molecule has 0 fully saturated rings. The quantitative estimate of drug-likeness (QED) is 0.758. The van der Waals surface area contributed by atoms with Crippen molar-refractivity contribution in [2.45, 2.75) is 17.4 Å². The van der Waals surface area contributed by atoms with Crippen LogP contribution in [-0.4, -0.2) is 37.7 Å². The van der Waals surface area contributed by atoms with Crippen LogP contribution in [0.3, 0.4) is 0 Å². The lowest BCUT2D eigenvalue weighted by molar-refractivity contribution is -0.139. The van der Waals surface area contributed by atoms with Crippen LogP contribution < -0.4 is 5.32 Å². The number of carboxylic acid groups (broad SMARTS) is 1. The van der Waals surface area contributed by atoms with Crippen LogP contribution in [0, 0.1) is 0 Å². The summed E-state index contributed by atoms with van der Waals surface area (Å²) in [7, 11) is -3.43. The van der Waals surface area contributed by atoms with Gasteiger partial charge in [0.05, 0.1) is 4.90 Å². The van der Waals surface area contributed by atoms with E-state index in [-0.39, 0.29) is 16.9 Å². The molecule has 0 aliphatic heterocycles. The summed E-state index contributed by atoms with van der Waals surface area (Å²) in [5.74, 6) is -1.83. The van der Waals surface area contributed by atoms with Gasteiger partial charge in [-0.25, -0.2) is 13.2 Å². The minimum atomic E-state index is -3.43. The second kappa shape index (κ2) is 6.33. The molecule has 1 unspecified atom stereocenters. The molecular weight excluding hydrogens is 282 g/mol. The highest BCUT2D eigenvalue weighted by Crippen LogP contribution is 2.11. The van der Waals surface area contributed by atoms with Gasteiger partial charge >= 0.3 is 5.97 Å². The van der Waals surface area contributed by atoms with E-state index in [1.807, 2.05) is 0 Å².